The number of hydrogen-bond acceptors (Lipinski definition) is 3. The Bertz CT molecular complexity index is 343. The van der Waals surface area contributed by atoms with E-state index in [9.17, 15) is 9.59 Å². The predicted octanol–water partition coefficient (Wildman–Crippen LogP) is 0.455. The van der Waals surface area contributed by atoms with Gasteiger partial charge in [-0.3, -0.25) is 9.59 Å². The van der Waals surface area contributed by atoms with Gasteiger partial charge in [-0.25, -0.2) is 0 Å². The minimum Gasteiger partial charge on any atom is -0.481 e. The number of carboxylic acid groups (broad SMARTS) is 1. The molecule has 0 atom stereocenters. The number of carbonyl (C=O) groups is 2. The Morgan fingerprint density at radius 1 is 1.21 bits per heavy atom. The third-order valence-corrected chi connectivity index (χ3v) is 1.82. The molecule has 1 rings (SSSR count). The second-order valence-electron chi connectivity index (χ2n) is 2.89. The van der Waals surface area contributed by atoms with Crippen molar-refractivity contribution < 1.29 is 14.7 Å². The fraction of sp³-hybridized carbons (Fsp3) is 0.200. The molecule has 1 aromatic rings. The van der Waals surface area contributed by atoms with Crippen LogP contribution < -0.4 is 5.73 Å². The molecule has 0 fully saturated rings. The molecule has 0 aliphatic rings. The summed E-state index contributed by atoms with van der Waals surface area (Å²) in [6.45, 7) is -0.0295. The molecule has 3 N–H and O–H groups in total. The Morgan fingerprint density at radius 3 is 2.21 bits per heavy atom. The highest BCUT2D eigenvalue weighted by molar-refractivity contribution is 5.97. The number of carboxylic acids is 1. The van der Waals surface area contributed by atoms with Crippen molar-refractivity contribution >= 4 is 11.8 Å². The second kappa shape index (κ2) is 4.53. The van der Waals surface area contributed by atoms with Crippen LogP contribution in [0.5, 0.6) is 0 Å². The fourth-order valence-electron chi connectivity index (χ4n) is 1.10. The van der Waals surface area contributed by atoms with Crippen molar-refractivity contribution in [3.63, 3.8) is 0 Å². The van der Waals surface area contributed by atoms with Crippen molar-refractivity contribution in [3.8, 4) is 0 Å². The average Bonchev–Trinajstić information content (AvgIpc) is 2.17. The number of aliphatic carboxylic acids is 1. The van der Waals surface area contributed by atoms with Gasteiger partial charge in [0.15, 0.2) is 5.78 Å². The molecule has 0 radical (unpaired) electrons. The number of hydrogen-bond donors (Lipinski definition) is 2. The molecule has 74 valence electrons. The largest absolute Gasteiger partial charge is 0.481 e. The molecule has 14 heavy (non-hydrogen) atoms. The van der Waals surface area contributed by atoms with Crippen LogP contribution in [0.2, 0.25) is 0 Å². The van der Waals surface area contributed by atoms with Gasteiger partial charge in [-0.15, -0.1) is 0 Å². The van der Waals surface area contributed by atoms with Crippen LogP contribution in [0.25, 0.3) is 0 Å². The Balaban J connectivity index is 2.78. The molecular weight excluding hydrogens is 182 g/mol. The lowest BCUT2D eigenvalue weighted by molar-refractivity contribution is -0.136. The van der Waals surface area contributed by atoms with Crippen LogP contribution in [0.1, 0.15) is 15.9 Å². The van der Waals surface area contributed by atoms with Gasteiger partial charge in [0.1, 0.15) is 0 Å². The van der Waals surface area contributed by atoms with Gasteiger partial charge in [0.2, 0.25) is 0 Å². The number of Topliss-reactive ketones (excluding diaryl/α,β-unsaturated/α-hetero) is 1. The first kappa shape index (κ1) is 10.4. The van der Waals surface area contributed by atoms with Gasteiger partial charge in [-0.05, 0) is 5.56 Å². The van der Waals surface area contributed by atoms with Crippen molar-refractivity contribution in [2.75, 3.05) is 6.54 Å². The van der Waals surface area contributed by atoms with E-state index < -0.39 is 5.97 Å². The van der Waals surface area contributed by atoms with E-state index in [1.807, 2.05) is 0 Å². The monoisotopic (exact) mass is 193 g/mol. The number of rotatable bonds is 4. The minimum absolute atomic E-state index is 0.0295. The molecule has 0 saturated carbocycles. The molecule has 0 bridgehead atoms. The van der Waals surface area contributed by atoms with Crippen molar-refractivity contribution in [3.05, 3.63) is 35.4 Å². The highest BCUT2D eigenvalue weighted by atomic mass is 16.4. The quantitative estimate of drug-likeness (QED) is 0.680. The molecule has 0 aliphatic heterocycles. The fourth-order valence-corrected chi connectivity index (χ4v) is 1.10. The van der Waals surface area contributed by atoms with E-state index in [0.717, 1.165) is 0 Å². The summed E-state index contributed by atoms with van der Waals surface area (Å²) < 4.78 is 0. The molecular formula is C10H11NO3. The van der Waals surface area contributed by atoms with Crippen molar-refractivity contribution in [2.45, 2.75) is 6.42 Å². The summed E-state index contributed by atoms with van der Waals surface area (Å²) in [5, 5.41) is 8.50. The molecule has 0 aromatic heterocycles. The van der Waals surface area contributed by atoms with E-state index in [1.165, 1.54) is 0 Å². The zero-order valence-corrected chi connectivity index (χ0v) is 7.56. The first-order chi connectivity index (χ1) is 6.63. The van der Waals surface area contributed by atoms with E-state index in [2.05, 4.69) is 0 Å². The minimum atomic E-state index is -0.886. The molecule has 0 spiro atoms. The highest BCUT2D eigenvalue weighted by Crippen LogP contribution is 2.05. The summed E-state index contributed by atoms with van der Waals surface area (Å²) in [6.07, 6.45) is -0.0307. The zero-order chi connectivity index (χ0) is 10.6. The van der Waals surface area contributed by atoms with Crippen molar-refractivity contribution in [1.29, 1.82) is 0 Å². The summed E-state index contributed by atoms with van der Waals surface area (Å²) in [5.41, 5.74) is 6.37. The average molecular weight is 193 g/mol. The van der Waals surface area contributed by atoms with Gasteiger partial charge in [0, 0.05) is 5.56 Å². The molecule has 4 heteroatoms. The number of carbonyl (C=O) groups excluding carboxylic acids is 1. The first-order valence-electron chi connectivity index (χ1n) is 4.17. The SMILES string of the molecule is NCC(=O)c1ccc(CC(=O)O)cc1. The van der Waals surface area contributed by atoms with Crippen LogP contribution in [0, 0.1) is 0 Å². The van der Waals surface area contributed by atoms with Crippen LogP contribution in [0.4, 0.5) is 0 Å². The lowest BCUT2D eigenvalue weighted by Gasteiger charge is -1.99. The Kier molecular flexibility index (Phi) is 3.36. The standard InChI is InChI=1S/C10H11NO3/c11-6-9(12)8-3-1-7(2-4-8)5-10(13)14/h1-4H,5-6,11H2,(H,13,14). The van der Waals surface area contributed by atoms with Crippen LogP contribution in [0.3, 0.4) is 0 Å². The van der Waals surface area contributed by atoms with E-state index in [-0.39, 0.29) is 18.7 Å². The van der Waals surface area contributed by atoms with E-state index in [1.54, 1.807) is 24.3 Å². The van der Waals surface area contributed by atoms with Crippen LogP contribution >= 0.6 is 0 Å². The molecule has 4 nitrogen and oxygen atoms in total. The van der Waals surface area contributed by atoms with Gasteiger partial charge in [0.05, 0.1) is 13.0 Å². The summed E-state index contributed by atoms with van der Waals surface area (Å²) in [7, 11) is 0. The Labute approximate surface area is 81.3 Å². The summed E-state index contributed by atoms with van der Waals surface area (Å²) in [4.78, 5) is 21.5. The molecule has 1 aromatic carbocycles. The molecule has 0 aliphatic carbocycles. The maximum absolute atomic E-state index is 11.1. The van der Waals surface area contributed by atoms with Crippen LogP contribution in [-0.4, -0.2) is 23.4 Å². The van der Waals surface area contributed by atoms with Crippen molar-refractivity contribution in [1.82, 2.24) is 0 Å². The molecule has 0 amide bonds. The van der Waals surface area contributed by atoms with Gasteiger partial charge in [0.25, 0.3) is 0 Å². The lowest BCUT2D eigenvalue weighted by atomic mass is 10.1. The van der Waals surface area contributed by atoms with Gasteiger partial charge >= 0.3 is 5.97 Å². The molecule has 0 saturated heterocycles. The summed E-state index contributed by atoms with van der Waals surface area (Å²) in [5.74, 6) is -1.03. The third-order valence-electron chi connectivity index (χ3n) is 1.82. The number of benzene rings is 1. The van der Waals surface area contributed by atoms with Crippen molar-refractivity contribution in [2.24, 2.45) is 5.73 Å². The normalized spacial score (nSPS) is 9.79. The molecule has 0 unspecified atom stereocenters. The molecule has 0 heterocycles. The highest BCUT2D eigenvalue weighted by Gasteiger charge is 2.04. The number of ketones is 1. The Morgan fingerprint density at radius 2 is 1.79 bits per heavy atom. The topological polar surface area (TPSA) is 80.4 Å². The predicted molar refractivity (Wildman–Crippen MR) is 51.2 cm³/mol. The summed E-state index contributed by atoms with van der Waals surface area (Å²) >= 11 is 0. The van der Waals surface area contributed by atoms with E-state index in [0.29, 0.717) is 11.1 Å². The van der Waals surface area contributed by atoms with Crippen LogP contribution in [0.15, 0.2) is 24.3 Å². The van der Waals surface area contributed by atoms with Gasteiger partial charge in [-0.1, -0.05) is 24.3 Å². The third kappa shape index (κ3) is 2.67. The smallest absolute Gasteiger partial charge is 0.307 e. The first-order valence-corrected chi connectivity index (χ1v) is 4.17. The second-order valence-corrected chi connectivity index (χ2v) is 2.89. The van der Waals surface area contributed by atoms with Gasteiger partial charge in [-0.2, -0.15) is 0 Å². The zero-order valence-electron chi connectivity index (χ0n) is 7.56. The lowest BCUT2D eigenvalue weighted by Crippen LogP contribution is -2.13. The number of nitrogens with two attached hydrogens (primary N) is 1. The van der Waals surface area contributed by atoms with E-state index in [4.69, 9.17) is 10.8 Å². The van der Waals surface area contributed by atoms with Gasteiger partial charge < -0.3 is 10.8 Å². The van der Waals surface area contributed by atoms with E-state index >= 15 is 0 Å². The maximum Gasteiger partial charge on any atom is 0.307 e. The van der Waals surface area contributed by atoms with Crippen LogP contribution in [-0.2, 0) is 11.2 Å². The Hall–Kier alpha value is -1.68. The maximum atomic E-state index is 11.1. The summed E-state index contributed by atoms with van der Waals surface area (Å²) in [6, 6.07) is 6.43.